The van der Waals surface area contributed by atoms with E-state index in [2.05, 4.69) is 39.1 Å². The van der Waals surface area contributed by atoms with Gasteiger partial charge in [-0.05, 0) is 28.7 Å². The number of hydrogen-bond donors (Lipinski definition) is 1. The van der Waals surface area contributed by atoms with Crippen LogP contribution in [0.3, 0.4) is 0 Å². The van der Waals surface area contributed by atoms with E-state index in [4.69, 9.17) is 22.1 Å². The molecule has 6 nitrogen and oxygen atoms in total. The number of amides is 1. The summed E-state index contributed by atoms with van der Waals surface area (Å²) in [5, 5.41) is 1.16. The Morgan fingerprint density at radius 3 is 3.05 bits per heavy atom. The summed E-state index contributed by atoms with van der Waals surface area (Å²) >= 11 is 8.18. The van der Waals surface area contributed by atoms with Gasteiger partial charge in [-0.1, -0.05) is 18.2 Å². The number of rotatable bonds is 4. The molecule has 0 radical (unpaired) electrons. The predicted octanol–water partition coefficient (Wildman–Crippen LogP) is 2.34. The SMILES string of the molecule is C=CC(Cn1cc(I)c2c(Cl)ncnc21)OC(N)=O. The second kappa shape index (κ2) is 5.74. The normalized spacial score (nSPS) is 12.3. The topological polar surface area (TPSA) is 83.0 Å². The third kappa shape index (κ3) is 2.98. The molecule has 2 N–H and O–H groups in total. The highest BCUT2D eigenvalue weighted by Crippen LogP contribution is 2.26. The molecule has 1 amide bonds. The van der Waals surface area contributed by atoms with Gasteiger partial charge in [0, 0.05) is 9.77 Å². The molecule has 0 aliphatic heterocycles. The van der Waals surface area contributed by atoms with Gasteiger partial charge < -0.3 is 15.0 Å². The molecule has 0 saturated heterocycles. The summed E-state index contributed by atoms with van der Waals surface area (Å²) in [5.74, 6) is 0. The number of carbonyl (C=O) groups is 1. The average Bonchev–Trinajstić information content (AvgIpc) is 2.66. The molecule has 0 fully saturated rings. The lowest BCUT2D eigenvalue weighted by molar-refractivity contribution is 0.121. The lowest BCUT2D eigenvalue weighted by Crippen LogP contribution is -2.25. The fourth-order valence-corrected chi connectivity index (χ4v) is 2.91. The van der Waals surface area contributed by atoms with Crippen molar-refractivity contribution in [2.45, 2.75) is 12.6 Å². The van der Waals surface area contributed by atoms with Crippen LogP contribution in [0.25, 0.3) is 11.0 Å². The van der Waals surface area contributed by atoms with E-state index >= 15 is 0 Å². The van der Waals surface area contributed by atoms with Gasteiger partial charge in [-0.25, -0.2) is 14.8 Å². The van der Waals surface area contributed by atoms with Crippen molar-refractivity contribution < 1.29 is 9.53 Å². The second-order valence-electron chi connectivity index (χ2n) is 3.70. The van der Waals surface area contributed by atoms with Crippen LogP contribution in [0, 0.1) is 3.57 Å². The van der Waals surface area contributed by atoms with Crippen LogP contribution >= 0.6 is 34.2 Å². The zero-order valence-electron chi connectivity index (χ0n) is 9.72. The molecule has 0 aliphatic carbocycles. The molecule has 2 heterocycles. The van der Waals surface area contributed by atoms with E-state index in [1.807, 2.05) is 10.8 Å². The molecular formula is C11H10ClIN4O2. The minimum Gasteiger partial charge on any atom is -0.440 e. The Morgan fingerprint density at radius 1 is 1.68 bits per heavy atom. The largest absolute Gasteiger partial charge is 0.440 e. The molecule has 19 heavy (non-hydrogen) atoms. The molecule has 100 valence electrons. The lowest BCUT2D eigenvalue weighted by atomic mass is 10.3. The molecule has 1 unspecified atom stereocenters. The molecule has 0 aromatic carbocycles. The van der Waals surface area contributed by atoms with E-state index in [1.165, 1.54) is 12.4 Å². The van der Waals surface area contributed by atoms with Gasteiger partial charge in [0.15, 0.2) is 0 Å². The Kier molecular flexibility index (Phi) is 4.25. The van der Waals surface area contributed by atoms with Crippen LogP contribution in [0.15, 0.2) is 25.2 Å². The molecule has 2 aromatic heterocycles. The average molecular weight is 393 g/mol. The Hall–Kier alpha value is -1.35. The van der Waals surface area contributed by atoms with Crippen LogP contribution in [0.2, 0.25) is 5.15 Å². The number of primary amides is 1. The number of fused-ring (bicyclic) bond motifs is 1. The fraction of sp³-hybridized carbons (Fsp3) is 0.182. The van der Waals surface area contributed by atoms with Crippen molar-refractivity contribution in [3.63, 3.8) is 0 Å². The fourth-order valence-electron chi connectivity index (χ4n) is 1.68. The van der Waals surface area contributed by atoms with E-state index in [0.29, 0.717) is 17.3 Å². The number of halogens is 2. The van der Waals surface area contributed by atoms with Crippen molar-refractivity contribution in [3.05, 3.63) is 33.9 Å². The molecule has 0 saturated carbocycles. The Bertz CT molecular complexity index is 643. The van der Waals surface area contributed by atoms with Crippen LogP contribution in [-0.2, 0) is 11.3 Å². The number of hydrogen-bond acceptors (Lipinski definition) is 4. The molecule has 0 spiro atoms. The molecular weight excluding hydrogens is 383 g/mol. The van der Waals surface area contributed by atoms with Gasteiger partial charge in [0.2, 0.25) is 0 Å². The maximum atomic E-state index is 10.8. The van der Waals surface area contributed by atoms with Gasteiger partial charge in [-0.2, -0.15) is 0 Å². The molecule has 2 rings (SSSR count). The highest BCUT2D eigenvalue weighted by molar-refractivity contribution is 14.1. The first-order valence-electron chi connectivity index (χ1n) is 5.26. The maximum absolute atomic E-state index is 10.8. The van der Waals surface area contributed by atoms with Crippen LogP contribution < -0.4 is 5.73 Å². The number of nitrogens with two attached hydrogens (primary N) is 1. The van der Waals surface area contributed by atoms with Gasteiger partial charge in [0.25, 0.3) is 0 Å². The summed E-state index contributed by atoms with van der Waals surface area (Å²) < 4.78 is 7.65. The summed E-state index contributed by atoms with van der Waals surface area (Å²) in [5.41, 5.74) is 5.67. The Balaban J connectivity index is 2.38. The number of carbonyl (C=O) groups excluding carboxylic acids is 1. The van der Waals surface area contributed by atoms with Gasteiger partial charge in [0.05, 0.1) is 11.9 Å². The summed E-state index contributed by atoms with van der Waals surface area (Å²) in [6.07, 6.45) is 3.37. The van der Waals surface area contributed by atoms with E-state index in [-0.39, 0.29) is 0 Å². The molecule has 8 heteroatoms. The molecule has 1 atom stereocenters. The first-order chi connectivity index (χ1) is 9.02. The number of nitrogens with zero attached hydrogens (tertiary/aromatic N) is 3. The van der Waals surface area contributed by atoms with E-state index in [1.54, 1.807) is 0 Å². The van der Waals surface area contributed by atoms with E-state index in [9.17, 15) is 4.79 Å². The van der Waals surface area contributed by atoms with Gasteiger partial charge >= 0.3 is 6.09 Å². The summed E-state index contributed by atoms with van der Waals surface area (Å²) in [6, 6.07) is 0. The van der Waals surface area contributed by atoms with Crippen molar-refractivity contribution in [2.75, 3.05) is 0 Å². The molecule has 2 aromatic rings. The zero-order valence-corrected chi connectivity index (χ0v) is 12.6. The molecule has 0 bridgehead atoms. The first-order valence-corrected chi connectivity index (χ1v) is 6.72. The van der Waals surface area contributed by atoms with Crippen LogP contribution in [0.1, 0.15) is 0 Å². The van der Waals surface area contributed by atoms with Crippen LogP contribution in [0.4, 0.5) is 4.79 Å². The Labute approximate surface area is 127 Å². The Morgan fingerprint density at radius 2 is 2.42 bits per heavy atom. The lowest BCUT2D eigenvalue weighted by Gasteiger charge is -2.13. The first kappa shape index (κ1) is 14.1. The maximum Gasteiger partial charge on any atom is 0.405 e. The number of aromatic nitrogens is 3. The van der Waals surface area contributed by atoms with Crippen LogP contribution in [0.5, 0.6) is 0 Å². The highest BCUT2D eigenvalue weighted by atomic mass is 127. The third-order valence-electron chi connectivity index (χ3n) is 2.47. The van der Waals surface area contributed by atoms with Crippen molar-refractivity contribution in [1.29, 1.82) is 0 Å². The van der Waals surface area contributed by atoms with Crippen LogP contribution in [-0.4, -0.2) is 26.7 Å². The van der Waals surface area contributed by atoms with Gasteiger partial charge in [-0.3, -0.25) is 0 Å². The van der Waals surface area contributed by atoms with E-state index < -0.39 is 12.2 Å². The minimum atomic E-state index is -0.844. The third-order valence-corrected chi connectivity index (χ3v) is 3.57. The second-order valence-corrected chi connectivity index (χ2v) is 5.22. The minimum absolute atomic E-state index is 0.360. The monoisotopic (exact) mass is 392 g/mol. The summed E-state index contributed by atoms with van der Waals surface area (Å²) in [4.78, 5) is 18.9. The van der Waals surface area contributed by atoms with Crippen molar-refractivity contribution in [3.8, 4) is 0 Å². The van der Waals surface area contributed by atoms with Crippen molar-refractivity contribution >= 4 is 51.3 Å². The van der Waals surface area contributed by atoms with Crippen molar-refractivity contribution in [1.82, 2.24) is 14.5 Å². The standard InChI is InChI=1S/C11H10ClIN4O2/c1-2-6(19-11(14)18)3-17-4-7(13)8-9(12)15-5-16-10(8)17/h2,4-6H,1,3H2,(H2,14,18). The number of ether oxygens (including phenoxy) is 1. The summed E-state index contributed by atoms with van der Waals surface area (Å²) in [6.45, 7) is 3.97. The quantitative estimate of drug-likeness (QED) is 0.492. The highest BCUT2D eigenvalue weighted by Gasteiger charge is 2.15. The van der Waals surface area contributed by atoms with Crippen molar-refractivity contribution in [2.24, 2.45) is 5.73 Å². The van der Waals surface area contributed by atoms with Gasteiger partial charge in [0.1, 0.15) is 23.2 Å². The molecule has 0 aliphatic rings. The van der Waals surface area contributed by atoms with Gasteiger partial charge in [-0.15, -0.1) is 0 Å². The predicted molar refractivity (Wildman–Crippen MR) is 79.9 cm³/mol. The zero-order chi connectivity index (χ0) is 14.0. The smallest absolute Gasteiger partial charge is 0.405 e. The van der Waals surface area contributed by atoms with E-state index in [0.717, 1.165) is 8.96 Å². The summed E-state index contributed by atoms with van der Waals surface area (Å²) in [7, 11) is 0.